The van der Waals surface area contributed by atoms with Gasteiger partial charge >= 0.3 is 0 Å². The number of hydrogen-bond donors (Lipinski definition) is 0. The molecule has 2 aromatic rings. The van der Waals surface area contributed by atoms with Gasteiger partial charge in [-0.2, -0.15) is 4.68 Å². The number of carbonyl (C=O) groups is 1. The number of nitrogens with zero attached hydrogens (tertiary/aromatic N) is 6. The lowest BCUT2D eigenvalue weighted by atomic mass is 10.3. The zero-order valence-corrected chi connectivity index (χ0v) is 13.5. The second-order valence-electron chi connectivity index (χ2n) is 5.58. The van der Waals surface area contributed by atoms with Gasteiger partial charge in [-0.05, 0) is 47.7 Å². The van der Waals surface area contributed by atoms with Crippen molar-refractivity contribution in [3.05, 3.63) is 48.1 Å². The molecule has 8 heteroatoms. The summed E-state index contributed by atoms with van der Waals surface area (Å²) < 4.78 is 14.7. The fourth-order valence-electron chi connectivity index (χ4n) is 2.66. The lowest BCUT2D eigenvalue weighted by molar-refractivity contribution is -0.127. The van der Waals surface area contributed by atoms with E-state index in [1.807, 2.05) is 11.8 Å². The number of aromatic nitrogens is 4. The molecule has 0 spiro atoms. The molecule has 1 aromatic carbocycles. The van der Waals surface area contributed by atoms with Crippen molar-refractivity contribution in [1.82, 2.24) is 30.0 Å². The fraction of sp³-hybridized carbons (Fsp3) is 0.375. The second kappa shape index (κ2) is 7.31. The van der Waals surface area contributed by atoms with Gasteiger partial charge in [0.2, 0.25) is 5.91 Å². The zero-order valence-electron chi connectivity index (χ0n) is 13.5. The summed E-state index contributed by atoms with van der Waals surface area (Å²) in [4.78, 5) is 15.9. The standard InChI is InChI=1S/C16H19FN6O/c1-2-3-16(24)22-10-8-21(9-11-22)12-15-18-19-20-23(15)14-6-4-13(17)5-7-14/h2-7H,8-12H2,1H3. The third-order valence-corrected chi connectivity index (χ3v) is 3.96. The Balaban J connectivity index is 1.63. The van der Waals surface area contributed by atoms with E-state index in [9.17, 15) is 9.18 Å². The number of piperazine rings is 1. The van der Waals surface area contributed by atoms with Crippen molar-refractivity contribution < 1.29 is 9.18 Å². The summed E-state index contributed by atoms with van der Waals surface area (Å²) in [7, 11) is 0. The molecule has 1 aliphatic heterocycles. The van der Waals surface area contributed by atoms with E-state index in [4.69, 9.17) is 0 Å². The van der Waals surface area contributed by atoms with E-state index in [0.29, 0.717) is 25.5 Å². The molecule has 0 bridgehead atoms. The highest BCUT2D eigenvalue weighted by atomic mass is 19.1. The number of carbonyl (C=O) groups excluding carboxylic acids is 1. The highest BCUT2D eigenvalue weighted by Crippen LogP contribution is 2.12. The fourth-order valence-corrected chi connectivity index (χ4v) is 2.66. The van der Waals surface area contributed by atoms with E-state index in [1.165, 1.54) is 12.1 Å². The first-order valence-electron chi connectivity index (χ1n) is 7.84. The van der Waals surface area contributed by atoms with E-state index in [1.54, 1.807) is 29.0 Å². The Bertz CT molecular complexity index is 718. The minimum Gasteiger partial charge on any atom is -0.337 e. The SMILES string of the molecule is CC=CC(=O)N1CCN(Cc2nnnn2-c2ccc(F)cc2)CC1. The first-order valence-corrected chi connectivity index (χ1v) is 7.84. The predicted molar refractivity (Wildman–Crippen MR) is 85.8 cm³/mol. The Morgan fingerprint density at radius 3 is 2.58 bits per heavy atom. The van der Waals surface area contributed by atoms with Crippen LogP contribution in [0.2, 0.25) is 0 Å². The maximum atomic E-state index is 13.1. The van der Waals surface area contributed by atoms with Crippen LogP contribution in [0.4, 0.5) is 4.39 Å². The maximum Gasteiger partial charge on any atom is 0.246 e. The van der Waals surface area contributed by atoms with Gasteiger partial charge in [0.15, 0.2) is 5.82 Å². The van der Waals surface area contributed by atoms with Crippen molar-refractivity contribution in [3.8, 4) is 5.69 Å². The number of hydrogen-bond acceptors (Lipinski definition) is 5. The molecule has 0 saturated carbocycles. The minimum absolute atomic E-state index is 0.0493. The number of allylic oxidation sites excluding steroid dienone is 1. The van der Waals surface area contributed by atoms with E-state index in [2.05, 4.69) is 20.4 Å². The third kappa shape index (κ3) is 3.65. The molecule has 2 heterocycles. The summed E-state index contributed by atoms with van der Waals surface area (Å²) in [6.07, 6.45) is 3.34. The molecular formula is C16H19FN6O. The highest BCUT2D eigenvalue weighted by molar-refractivity contribution is 5.87. The van der Waals surface area contributed by atoms with Gasteiger partial charge in [0.05, 0.1) is 12.2 Å². The molecule has 1 amide bonds. The summed E-state index contributed by atoms with van der Waals surface area (Å²) in [6.45, 7) is 5.31. The van der Waals surface area contributed by atoms with Gasteiger partial charge in [0, 0.05) is 26.2 Å². The molecule has 3 rings (SSSR count). The smallest absolute Gasteiger partial charge is 0.246 e. The summed E-state index contributed by atoms with van der Waals surface area (Å²) in [5.74, 6) is 0.443. The molecule has 24 heavy (non-hydrogen) atoms. The van der Waals surface area contributed by atoms with Gasteiger partial charge in [0.1, 0.15) is 5.82 Å². The van der Waals surface area contributed by atoms with Crippen molar-refractivity contribution in [2.24, 2.45) is 0 Å². The van der Waals surface area contributed by atoms with Crippen LogP contribution < -0.4 is 0 Å². The molecule has 1 fully saturated rings. The lowest BCUT2D eigenvalue weighted by Gasteiger charge is -2.33. The number of rotatable bonds is 4. The average Bonchev–Trinajstić information content (AvgIpc) is 3.04. The maximum absolute atomic E-state index is 13.1. The van der Waals surface area contributed by atoms with Crippen LogP contribution in [0.5, 0.6) is 0 Å². The number of amides is 1. The monoisotopic (exact) mass is 330 g/mol. The van der Waals surface area contributed by atoms with E-state index < -0.39 is 0 Å². The van der Waals surface area contributed by atoms with Crippen LogP contribution in [0.1, 0.15) is 12.7 Å². The summed E-state index contributed by atoms with van der Waals surface area (Å²) >= 11 is 0. The van der Waals surface area contributed by atoms with Crippen LogP contribution in [0, 0.1) is 5.82 Å². The molecule has 0 aliphatic carbocycles. The van der Waals surface area contributed by atoms with Gasteiger partial charge in [-0.1, -0.05) is 6.08 Å². The quantitative estimate of drug-likeness (QED) is 0.783. The molecule has 1 aromatic heterocycles. The zero-order chi connectivity index (χ0) is 16.9. The largest absolute Gasteiger partial charge is 0.337 e. The lowest BCUT2D eigenvalue weighted by Crippen LogP contribution is -2.48. The summed E-state index contributed by atoms with van der Waals surface area (Å²) in [5.41, 5.74) is 0.721. The van der Waals surface area contributed by atoms with Gasteiger partial charge in [0.25, 0.3) is 0 Å². The van der Waals surface area contributed by atoms with Crippen LogP contribution in [-0.2, 0) is 11.3 Å². The second-order valence-corrected chi connectivity index (χ2v) is 5.58. The normalized spacial score (nSPS) is 16.0. The Kier molecular flexibility index (Phi) is 4.95. The molecule has 1 aliphatic rings. The van der Waals surface area contributed by atoms with Crippen molar-refractivity contribution >= 4 is 5.91 Å². The van der Waals surface area contributed by atoms with Gasteiger partial charge in [-0.15, -0.1) is 5.10 Å². The van der Waals surface area contributed by atoms with Crippen LogP contribution >= 0.6 is 0 Å². The van der Waals surface area contributed by atoms with Gasteiger partial charge in [-0.3, -0.25) is 9.69 Å². The van der Waals surface area contributed by atoms with Crippen LogP contribution in [0.3, 0.4) is 0 Å². The summed E-state index contributed by atoms with van der Waals surface area (Å²) in [5, 5.41) is 11.8. The Labute approximate surface area is 139 Å². The minimum atomic E-state index is -0.296. The number of tetrazole rings is 1. The molecule has 0 N–H and O–H groups in total. The first-order chi connectivity index (χ1) is 11.7. The number of benzene rings is 1. The predicted octanol–water partition coefficient (Wildman–Crippen LogP) is 1.02. The van der Waals surface area contributed by atoms with E-state index in [-0.39, 0.29) is 11.7 Å². The topological polar surface area (TPSA) is 67.2 Å². The number of halogens is 1. The van der Waals surface area contributed by atoms with Gasteiger partial charge < -0.3 is 4.90 Å². The molecule has 0 radical (unpaired) electrons. The third-order valence-electron chi connectivity index (χ3n) is 3.96. The first kappa shape index (κ1) is 16.3. The van der Waals surface area contributed by atoms with Crippen LogP contribution in [0.25, 0.3) is 5.69 Å². The average molecular weight is 330 g/mol. The van der Waals surface area contributed by atoms with Crippen LogP contribution in [0.15, 0.2) is 36.4 Å². The Morgan fingerprint density at radius 1 is 1.21 bits per heavy atom. The van der Waals surface area contributed by atoms with Crippen molar-refractivity contribution in [1.29, 1.82) is 0 Å². The molecular weight excluding hydrogens is 311 g/mol. The molecule has 126 valence electrons. The molecule has 7 nitrogen and oxygen atoms in total. The summed E-state index contributed by atoms with van der Waals surface area (Å²) in [6, 6.07) is 6.05. The Morgan fingerprint density at radius 2 is 1.92 bits per heavy atom. The molecule has 1 saturated heterocycles. The van der Waals surface area contributed by atoms with Crippen LogP contribution in [-0.4, -0.2) is 62.1 Å². The molecule has 0 atom stereocenters. The van der Waals surface area contributed by atoms with E-state index >= 15 is 0 Å². The Hall–Kier alpha value is -2.61. The van der Waals surface area contributed by atoms with Crippen molar-refractivity contribution in [3.63, 3.8) is 0 Å². The van der Waals surface area contributed by atoms with E-state index in [0.717, 1.165) is 18.8 Å². The van der Waals surface area contributed by atoms with Crippen molar-refractivity contribution in [2.75, 3.05) is 26.2 Å². The molecule has 0 unspecified atom stereocenters. The highest BCUT2D eigenvalue weighted by Gasteiger charge is 2.21. The van der Waals surface area contributed by atoms with Gasteiger partial charge in [-0.25, -0.2) is 4.39 Å². The van der Waals surface area contributed by atoms with Crippen molar-refractivity contribution in [2.45, 2.75) is 13.5 Å².